The minimum Gasteiger partial charge on any atom is -0.506 e. The summed E-state index contributed by atoms with van der Waals surface area (Å²) in [6.07, 6.45) is 7.12. The van der Waals surface area contributed by atoms with Crippen molar-refractivity contribution in [1.29, 1.82) is 0 Å². The highest BCUT2D eigenvalue weighted by Gasteiger charge is 2.13. The first-order valence-corrected chi connectivity index (χ1v) is 5.91. The molecule has 1 aromatic rings. The maximum Gasteiger partial charge on any atom is 0.251 e. The lowest BCUT2D eigenvalue weighted by molar-refractivity contribution is -0.113. The van der Waals surface area contributed by atoms with Crippen molar-refractivity contribution in [2.24, 2.45) is 0 Å². The van der Waals surface area contributed by atoms with Crippen LogP contribution in [0.1, 0.15) is 12.8 Å². The van der Waals surface area contributed by atoms with E-state index < -0.39 is 0 Å². The average Bonchev–Trinajstić information content (AvgIpc) is 2.37. The molecule has 5 heteroatoms. The van der Waals surface area contributed by atoms with E-state index in [-0.39, 0.29) is 23.0 Å². The van der Waals surface area contributed by atoms with Gasteiger partial charge in [0, 0.05) is 11.6 Å². The van der Waals surface area contributed by atoms with E-state index in [9.17, 15) is 9.90 Å². The number of nitrogens with two attached hydrogens (primary N) is 1. The summed E-state index contributed by atoms with van der Waals surface area (Å²) in [5.74, 6) is -0.340. The molecule has 0 unspecified atom stereocenters. The normalized spacial score (nSPS) is 14.2. The number of hydrogen-bond donors (Lipinski definition) is 3. The monoisotopic (exact) mass is 264 g/mol. The van der Waals surface area contributed by atoms with Crippen LogP contribution in [-0.4, -0.2) is 11.0 Å². The first-order valence-electron chi connectivity index (χ1n) is 5.53. The van der Waals surface area contributed by atoms with Crippen molar-refractivity contribution in [3.8, 4) is 5.75 Å². The fraction of sp³-hybridized carbons (Fsp3) is 0.154. The number of amides is 1. The summed E-state index contributed by atoms with van der Waals surface area (Å²) in [5.41, 5.74) is 6.74. The van der Waals surface area contributed by atoms with Crippen LogP contribution in [0, 0.1) is 0 Å². The molecule has 0 fully saturated rings. The fourth-order valence-corrected chi connectivity index (χ4v) is 1.84. The molecule has 1 aliphatic carbocycles. The van der Waals surface area contributed by atoms with Gasteiger partial charge in [0.25, 0.3) is 5.91 Å². The van der Waals surface area contributed by atoms with Crippen LogP contribution >= 0.6 is 11.6 Å². The highest BCUT2D eigenvalue weighted by Crippen LogP contribution is 2.32. The Kier molecular flexibility index (Phi) is 3.58. The lowest BCUT2D eigenvalue weighted by atomic mass is 10.0. The molecule has 4 nitrogen and oxygen atoms in total. The number of aromatic hydroxyl groups is 1. The van der Waals surface area contributed by atoms with Gasteiger partial charge in [0.05, 0.1) is 16.4 Å². The molecule has 0 spiro atoms. The lowest BCUT2D eigenvalue weighted by Crippen LogP contribution is -2.15. The van der Waals surface area contributed by atoms with Gasteiger partial charge in [-0.05, 0) is 18.9 Å². The molecular formula is C13H13ClN2O2. The molecule has 4 N–H and O–H groups in total. The standard InChI is InChI=1S/C13H13ClN2O2/c14-9-6-11(12(17)7-10(9)15)16-13(18)8-4-2-1-3-5-8/h1-2,4,6-7,17H,3,5,15H2,(H,16,18). The third-order valence-corrected chi connectivity index (χ3v) is 3.00. The van der Waals surface area contributed by atoms with Gasteiger partial charge in [-0.3, -0.25) is 4.79 Å². The van der Waals surface area contributed by atoms with Crippen LogP contribution in [0.3, 0.4) is 0 Å². The predicted octanol–water partition coefficient (Wildman–Crippen LogP) is 2.84. The third kappa shape index (κ3) is 2.65. The molecule has 2 rings (SSSR count). The zero-order valence-corrected chi connectivity index (χ0v) is 10.4. The molecule has 0 radical (unpaired) electrons. The maximum absolute atomic E-state index is 11.9. The SMILES string of the molecule is Nc1cc(O)c(NC(=O)C2=CC=CCC2)cc1Cl. The summed E-state index contributed by atoms with van der Waals surface area (Å²) in [5, 5.41) is 12.6. The molecule has 1 amide bonds. The number of phenols is 1. The van der Waals surface area contributed by atoms with Gasteiger partial charge in [-0.1, -0.05) is 29.8 Å². The van der Waals surface area contributed by atoms with Crippen LogP contribution in [-0.2, 0) is 4.79 Å². The number of anilines is 2. The highest BCUT2D eigenvalue weighted by molar-refractivity contribution is 6.33. The second-order valence-electron chi connectivity index (χ2n) is 4.00. The second-order valence-corrected chi connectivity index (χ2v) is 4.41. The Bertz CT molecular complexity index is 550. The van der Waals surface area contributed by atoms with Gasteiger partial charge in [0.1, 0.15) is 5.75 Å². The number of benzene rings is 1. The zero-order chi connectivity index (χ0) is 13.1. The van der Waals surface area contributed by atoms with Crippen LogP contribution in [0.15, 0.2) is 35.9 Å². The number of halogens is 1. The molecule has 18 heavy (non-hydrogen) atoms. The Balaban J connectivity index is 2.19. The second kappa shape index (κ2) is 5.14. The van der Waals surface area contributed by atoms with Crippen molar-refractivity contribution >= 4 is 28.9 Å². The predicted molar refractivity (Wildman–Crippen MR) is 72.6 cm³/mol. The number of rotatable bonds is 2. The molecular weight excluding hydrogens is 252 g/mol. The summed E-state index contributed by atoms with van der Waals surface area (Å²) in [4.78, 5) is 11.9. The van der Waals surface area contributed by atoms with Gasteiger partial charge in [-0.25, -0.2) is 0 Å². The summed E-state index contributed by atoms with van der Waals surface area (Å²) < 4.78 is 0. The van der Waals surface area contributed by atoms with Crippen molar-refractivity contribution < 1.29 is 9.90 Å². The van der Waals surface area contributed by atoms with E-state index >= 15 is 0 Å². The first-order chi connectivity index (χ1) is 8.58. The minimum atomic E-state index is -0.240. The van der Waals surface area contributed by atoms with Gasteiger partial charge >= 0.3 is 0 Å². The van der Waals surface area contributed by atoms with E-state index in [1.807, 2.05) is 12.2 Å². The molecule has 0 atom stereocenters. The molecule has 1 aromatic carbocycles. The van der Waals surface area contributed by atoms with E-state index in [0.29, 0.717) is 17.0 Å². The van der Waals surface area contributed by atoms with Gasteiger partial charge in [0.15, 0.2) is 0 Å². The molecule has 0 aromatic heterocycles. The molecule has 0 saturated carbocycles. The van der Waals surface area contributed by atoms with Crippen molar-refractivity contribution in [1.82, 2.24) is 0 Å². The first kappa shape index (κ1) is 12.5. The van der Waals surface area contributed by atoms with E-state index in [0.717, 1.165) is 6.42 Å². The minimum absolute atomic E-state index is 0.0998. The molecule has 0 heterocycles. The van der Waals surface area contributed by atoms with E-state index in [1.54, 1.807) is 6.08 Å². The Morgan fingerprint density at radius 1 is 1.44 bits per heavy atom. The van der Waals surface area contributed by atoms with E-state index in [2.05, 4.69) is 5.32 Å². The fourth-order valence-electron chi connectivity index (χ4n) is 1.67. The van der Waals surface area contributed by atoms with Crippen LogP contribution in [0.2, 0.25) is 5.02 Å². The van der Waals surface area contributed by atoms with Crippen LogP contribution < -0.4 is 11.1 Å². The van der Waals surface area contributed by atoms with Gasteiger partial charge in [0.2, 0.25) is 0 Å². The Hall–Kier alpha value is -1.94. The molecule has 0 aliphatic heterocycles. The van der Waals surface area contributed by atoms with Crippen LogP contribution in [0.25, 0.3) is 0 Å². The molecule has 94 valence electrons. The molecule has 0 bridgehead atoms. The Labute approximate surface area is 110 Å². The number of allylic oxidation sites excluding steroid dienone is 3. The van der Waals surface area contributed by atoms with Gasteiger partial charge in [-0.15, -0.1) is 0 Å². The van der Waals surface area contributed by atoms with Crippen molar-refractivity contribution in [2.45, 2.75) is 12.8 Å². The lowest BCUT2D eigenvalue weighted by Gasteiger charge is -2.12. The summed E-state index contributed by atoms with van der Waals surface area (Å²) in [7, 11) is 0. The third-order valence-electron chi connectivity index (χ3n) is 2.67. The molecule has 1 aliphatic rings. The Morgan fingerprint density at radius 2 is 2.22 bits per heavy atom. The largest absolute Gasteiger partial charge is 0.506 e. The summed E-state index contributed by atoms with van der Waals surface area (Å²) in [6, 6.07) is 2.75. The maximum atomic E-state index is 11.9. The van der Waals surface area contributed by atoms with Crippen molar-refractivity contribution in [3.63, 3.8) is 0 Å². The average molecular weight is 265 g/mol. The zero-order valence-electron chi connectivity index (χ0n) is 9.61. The van der Waals surface area contributed by atoms with Crippen LogP contribution in [0.4, 0.5) is 11.4 Å². The summed E-state index contributed by atoms with van der Waals surface area (Å²) >= 11 is 5.84. The van der Waals surface area contributed by atoms with E-state index in [4.69, 9.17) is 17.3 Å². The highest BCUT2D eigenvalue weighted by atomic mass is 35.5. The number of carbonyl (C=O) groups excluding carboxylic acids is 1. The number of nitrogens with one attached hydrogen (secondary N) is 1. The smallest absolute Gasteiger partial charge is 0.251 e. The van der Waals surface area contributed by atoms with Crippen molar-refractivity contribution in [2.75, 3.05) is 11.1 Å². The summed E-state index contributed by atoms with van der Waals surface area (Å²) in [6.45, 7) is 0. The molecule has 0 saturated heterocycles. The topological polar surface area (TPSA) is 75.3 Å². The number of hydrogen-bond acceptors (Lipinski definition) is 3. The van der Waals surface area contributed by atoms with Gasteiger partial charge < -0.3 is 16.2 Å². The van der Waals surface area contributed by atoms with Gasteiger partial charge in [-0.2, -0.15) is 0 Å². The van der Waals surface area contributed by atoms with E-state index in [1.165, 1.54) is 12.1 Å². The Morgan fingerprint density at radius 3 is 2.89 bits per heavy atom. The quantitative estimate of drug-likeness (QED) is 0.568. The number of carbonyl (C=O) groups is 1. The van der Waals surface area contributed by atoms with Crippen molar-refractivity contribution in [3.05, 3.63) is 41.0 Å². The number of nitrogen functional groups attached to an aromatic ring is 1. The van der Waals surface area contributed by atoms with Crippen LogP contribution in [0.5, 0.6) is 5.75 Å². The number of phenolic OH excluding ortho intramolecular Hbond substituents is 1.